The number of nitrogens with two attached hydrogens (primary N) is 1. The normalized spacial score (nSPS) is 16.7. The van der Waals surface area contributed by atoms with Gasteiger partial charge in [-0.05, 0) is 59.8 Å². The van der Waals surface area contributed by atoms with Crippen molar-refractivity contribution in [3.63, 3.8) is 0 Å². The van der Waals surface area contributed by atoms with Crippen LogP contribution in [-0.2, 0) is 9.59 Å². The zero-order valence-electron chi connectivity index (χ0n) is 13.4. The summed E-state index contributed by atoms with van der Waals surface area (Å²) >= 11 is 7.09. The Bertz CT molecular complexity index is 910. The van der Waals surface area contributed by atoms with Crippen molar-refractivity contribution < 1.29 is 14.3 Å². The number of hydrogen-bond donors (Lipinski definition) is 2. The molecule has 1 heterocycles. The molecule has 6 nitrogen and oxygen atoms in total. The SMILES string of the molecule is NC(=O)COc1cccc(/C=C2\SC(=Nc3ccc(Cl)cc3)NC2=O)c1. The lowest BCUT2D eigenvalue weighted by Crippen LogP contribution is -2.20. The summed E-state index contributed by atoms with van der Waals surface area (Å²) in [5.41, 5.74) is 6.52. The summed E-state index contributed by atoms with van der Waals surface area (Å²) in [4.78, 5) is 27.8. The second-order valence-corrected chi connectivity index (χ2v) is 6.75. The first-order valence-corrected chi connectivity index (χ1v) is 8.75. The highest BCUT2D eigenvalue weighted by Gasteiger charge is 2.23. The molecular weight excluding hydrogens is 374 g/mol. The molecule has 0 saturated carbocycles. The van der Waals surface area contributed by atoms with Crippen LogP contribution in [0.3, 0.4) is 0 Å². The van der Waals surface area contributed by atoms with Crippen molar-refractivity contribution >= 4 is 52.1 Å². The van der Waals surface area contributed by atoms with Gasteiger partial charge in [0.15, 0.2) is 11.8 Å². The molecular formula is C18H14ClN3O3S. The fourth-order valence-electron chi connectivity index (χ4n) is 2.11. The van der Waals surface area contributed by atoms with Crippen LogP contribution in [-0.4, -0.2) is 23.6 Å². The number of carbonyl (C=O) groups is 2. The molecule has 2 aromatic carbocycles. The predicted molar refractivity (Wildman–Crippen MR) is 103 cm³/mol. The molecule has 132 valence electrons. The van der Waals surface area contributed by atoms with Crippen LogP contribution in [0.25, 0.3) is 6.08 Å². The molecule has 0 aromatic heterocycles. The summed E-state index contributed by atoms with van der Waals surface area (Å²) in [6, 6.07) is 14.0. The number of amides is 2. The van der Waals surface area contributed by atoms with E-state index < -0.39 is 5.91 Å². The highest BCUT2D eigenvalue weighted by molar-refractivity contribution is 8.18. The number of hydrogen-bond acceptors (Lipinski definition) is 5. The Labute approximate surface area is 159 Å². The third kappa shape index (κ3) is 4.87. The topological polar surface area (TPSA) is 93.8 Å². The summed E-state index contributed by atoms with van der Waals surface area (Å²) < 4.78 is 5.26. The van der Waals surface area contributed by atoms with Gasteiger partial charge >= 0.3 is 0 Å². The highest BCUT2D eigenvalue weighted by Crippen LogP contribution is 2.29. The van der Waals surface area contributed by atoms with Crippen LogP contribution in [0.5, 0.6) is 5.75 Å². The van der Waals surface area contributed by atoms with Gasteiger partial charge in [0, 0.05) is 5.02 Å². The van der Waals surface area contributed by atoms with Crippen molar-refractivity contribution in [3.05, 3.63) is 64.0 Å². The van der Waals surface area contributed by atoms with Crippen molar-refractivity contribution in [1.29, 1.82) is 0 Å². The maximum Gasteiger partial charge on any atom is 0.264 e. The number of aliphatic imine (C=N–C) groups is 1. The molecule has 26 heavy (non-hydrogen) atoms. The fourth-order valence-corrected chi connectivity index (χ4v) is 3.08. The molecule has 2 aromatic rings. The molecule has 1 aliphatic rings. The first-order chi connectivity index (χ1) is 12.5. The van der Waals surface area contributed by atoms with Gasteiger partial charge in [-0.2, -0.15) is 0 Å². The third-order valence-electron chi connectivity index (χ3n) is 3.25. The molecule has 0 radical (unpaired) electrons. The average molecular weight is 388 g/mol. The van der Waals surface area contributed by atoms with E-state index in [0.717, 1.165) is 5.56 Å². The van der Waals surface area contributed by atoms with Crippen LogP contribution in [0, 0.1) is 0 Å². The van der Waals surface area contributed by atoms with E-state index in [1.165, 1.54) is 11.8 Å². The lowest BCUT2D eigenvalue weighted by molar-refractivity contribution is -0.120. The van der Waals surface area contributed by atoms with E-state index in [-0.39, 0.29) is 12.5 Å². The summed E-state index contributed by atoms with van der Waals surface area (Å²) in [5, 5.41) is 3.83. The molecule has 1 saturated heterocycles. The Morgan fingerprint density at radius 2 is 2.04 bits per heavy atom. The molecule has 8 heteroatoms. The number of rotatable bonds is 5. The van der Waals surface area contributed by atoms with Crippen molar-refractivity contribution in [3.8, 4) is 5.75 Å². The first-order valence-electron chi connectivity index (χ1n) is 7.56. The quantitative estimate of drug-likeness (QED) is 0.771. The molecule has 3 rings (SSSR count). The van der Waals surface area contributed by atoms with Gasteiger partial charge in [0.05, 0.1) is 10.6 Å². The van der Waals surface area contributed by atoms with Crippen LogP contribution < -0.4 is 15.8 Å². The largest absolute Gasteiger partial charge is 0.484 e. The van der Waals surface area contributed by atoms with E-state index >= 15 is 0 Å². The number of nitrogens with one attached hydrogen (secondary N) is 1. The molecule has 1 fully saturated rings. The van der Waals surface area contributed by atoms with Crippen molar-refractivity contribution in [2.45, 2.75) is 0 Å². The Hall–Kier alpha value is -2.77. The molecule has 0 atom stereocenters. The van der Waals surface area contributed by atoms with Gasteiger partial charge in [0.25, 0.3) is 11.8 Å². The van der Waals surface area contributed by atoms with E-state index in [4.69, 9.17) is 22.1 Å². The number of amidine groups is 1. The fraction of sp³-hybridized carbons (Fsp3) is 0.0556. The minimum absolute atomic E-state index is 0.201. The van der Waals surface area contributed by atoms with E-state index in [1.54, 1.807) is 48.5 Å². The zero-order valence-corrected chi connectivity index (χ0v) is 15.0. The molecule has 2 amide bonds. The smallest absolute Gasteiger partial charge is 0.264 e. The van der Waals surface area contributed by atoms with Crippen LogP contribution in [0.2, 0.25) is 5.02 Å². The lowest BCUT2D eigenvalue weighted by atomic mass is 10.2. The lowest BCUT2D eigenvalue weighted by Gasteiger charge is -2.04. The molecule has 0 bridgehead atoms. The van der Waals surface area contributed by atoms with Crippen molar-refractivity contribution in [2.24, 2.45) is 10.7 Å². The van der Waals surface area contributed by atoms with Gasteiger partial charge in [0.2, 0.25) is 0 Å². The van der Waals surface area contributed by atoms with Crippen molar-refractivity contribution in [1.82, 2.24) is 5.32 Å². The van der Waals surface area contributed by atoms with Crippen LogP contribution >= 0.6 is 23.4 Å². The average Bonchev–Trinajstić information content (AvgIpc) is 2.95. The van der Waals surface area contributed by atoms with E-state index in [9.17, 15) is 9.59 Å². The van der Waals surface area contributed by atoms with Gasteiger partial charge in [-0.3, -0.25) is 9.59 Å². The Morgan fingerprint density at radius 1 is 1.27 bits per heavy atom. The second kappa shape index (κ2) is 8.07. The number of nitrogens with zero attached hydrogens (tertiary/aromatic N) is 1. The highest BCUT2D eigenvalue weighted by atomic mass is 35.5. The molecule has 1 aliphatic heterocycles. The summed E-state index contributed by atoms with van der Waals surface area (Å²) in [6.07, 6.45) is 1.72. The molecule has 0 aliphatic carbocycles. The number of benzene rings is 2. The predicted octanol–water partition coefficient (Wildman–Crippen LogP) is 3.10. The molecule has 0 unspecified atom stereocenters. The van der Waals surface area contributed by atoms with Gasteiger partial charge in [0.1, 0.15) is 5.75 Å². The van der Waals surface area contributed by atoms with Gasteiger partial charge in [-0.15, -0.1) is 0 Å². The number of ether oxygens (including phenoxy) is 1. The monoisotopic (exact) mass is 387 g/mol. The first kappa shape index (κ1) is 18.0. The van der Waals surface area contributed by atoms with Crippen LogP contribution in [0.4, 0.5) is 5.69 Å². The third-order valence-corrected chi connectivity index (χ3v) is 4.41. The summed E-state index contributed by atoms with van der Waals surface area (Å²) in [6.45, 7) is -0.201. The Morgan fingerprint density at radius 3 is 2.77 bits per heavy atom. The minimum Gasteiger partial charge on any atom is -0.484 e. The van der Waals surface area contributed by atoms with Gasteiger partial charge in [-0.1, -0.05) is 23.7 Å². The second-order valence-electron chi connectivity index (χ2n) is 5.29. The summed E-state index contributed by atoms with van der Waals surface area (Å²) in [5.74, 6) is -0.287. The van der Waals surface area contributed by atoms with Crippen molar-refractivity contribution in [2.75, 3.05) is 6.61 Å². The van der Waals surface area contributed by atoms with Crippen LogP contribution in [0.1, 0.15) is 5.56 Å². The number of thioether (sulfide) groups is 1. The molecule has 3 N–H and O–H groups in total. The molecule has 0 spiro atoms. The number of primary amides is 1. The maximum atomic E-state index is 12.1. The summed E-state index contributed by atoms with van der Waals surface area (Å²) in [7, 11) is 0. The van der Waals surface area contributed by atoms with Gasteiger partial charge in [-0.25, -0.2) is 4.99 Å². The van der Waals surface area contributed by atoms with E-state index in [1.807, 2.05) is 6.07 Å². The zero-order chi connectivity index (χ0) is 18.5. The number of halogens is 1. The van der Waals surface area contributed by atoms with Gasteiger partial charge < -0.3 is 15.8 Å². The Kier molecular flexibility index (Phi) is 5.60. The minimum atomic E-state index is -0.553. The van der Waals surface area contributed by atoms with E-state index in [2.05, 4.69) is 10.3 Å². The number of carbonyl (C=O) groups excluding carboxylic acids is 2. The van der Waals surface area contributed by atoms with E-state index in [0.29, 0.717) is 26.5 Å². The van der Waals surface area contributed by atoms with Crippen LogP contribution in [0.15, 0.2) is 58.4 Å². The standard InChI is InChI=1S/C18H14ClN3O3S/c19-12-4-6-13(7-5-12)21-18-22-17(24)15(26-18)9-11-2-1-3-14(8-11)25-10-16(20)23/h1-9H,10H2,(H2,20,23)(H,21,22,24)/b15-9-. The maximum absolute atomic E-state index is 12.1. The Balaban J connectivity index is 1.75.